The number of nitrogens with zero attached hydrogens (tertiary/aromatic N) is 3. The lowest BCUT2D eigenvalue weighted by Gasteiger charge is -2.08. The number of rotatable bonds is 4. The van der Waals surface area contributed by atoms with E-state index in [9.17, 15) is 9.90 Å². The van der Waals surface area contributed by atoms with Gasteiger partial charge in [0.05, 0.1) is 11.3 Å². The van der Waals surface area contributed by atoms with E-state index in [4.69, 9.17) is 11.6 Å². The standard InChI is InChI=1S/C11H10ClN3O2S2/c1-5-3-6(2)13-9(8(5)10(16)17)18-4-7-14-15-11(12)19-7/h3H,4H2,1-2H3,(H,16,17). The van der Waals surface area contributed by atoms with Crippen LogP contribution in [0.25, 0.3) is 0 Å². The van der Waals surface area contributed by atoms with E-state index < -0.39 is 5.97 Å². The van der Waals surface area contributed by atoms with Crippen LogP contribution in [-0.2, 0) is 5.75 Å². The number of carbonyl (C=O) groups is 1. The molecule has 0 spiro atoms. The minimum atomic E-state index is -0.970. The number of aromatic nitrogens is 3. The van der Waals surface area contributed by atoms with Crippen LogP contribution >= 0.6 is 34.7 Å². The summed E-state index contributed by atoms with van der Waals surface area (Å²) in [5.41, 5.74) is 1.74. The van der Waals surface area contributed by atoms with Crippen molar-refractivity contribution < 1.29 is 9.90 Å². The lowest BCUT2D eigenvalue weighted by atomic mass is 10.1. The maximum atomic E-state index is 11.3. The van der Waals surface area contributed by atoms with Crippen molar-refractivity contribution in [2.45, 2.75) is 24.6 Å². The number of hydrogen-bond acceptors (Lipinski definition) is 6. The number of aryl methyl sites for hydroxylation is 2. The average Bonchev–Trinajstić information content (AvgIpc) is 2.71. The monoisotopic (exact) mass is 315 g/mol. The summed E-state index contributed by atoms with van der Waals surface area (Å²) in [6.07, 6.45) is 0. The second kappa shape index (κ2) is 5.85. The molecule has 0 fully saturated rings. The first-order valence-corrected chi connectivity index (χ1v) is 7.47. The number of carboxylic acids is 1. The highest BCUT2D eigenvalue weighted by atomic mass is 35.5. The Morgan fingerprint density at radius 1 is 1.47 bits per heavy atom. The van der Waals surface area contributed by atoms with Crippen molar-refractivity contribution in [1.29, 1.82) is 0 Å². The number of pyridine rings is 1. The van der Waals surface area contributed by atoms with E-state index in [1.165, 1.54) is 23.1 Å². The van der Waals surface area contributed by atoms with E-state index in [0.29, 0.717) is 20.8 Å². The SMILES string of the molecule is Cc1cc(C)c(C(=O)O)c(SCc2nnc(Cl)s2)n1. The van der Waals surface area contributed by atoms with Gasteiger partial charge in [-0.1, -0.05) is 23.1 Å². The largest absolute Gasteiger partial charge is 0.478 e. The van der Waals surface area contributed by atoms with Crippen molar-refractivity contribution in [3.05, 3.63) is 32.4 Å². The first-order valence-electron chi connectivity index (χ1n) is 5.29. The zero-order valence-electron chi connectivity index (χ0n) is 10.2. The van der Waals surface area contributed by atoms with Gasteiger partial charge in [0.25, 0.3) is 0 Å². The zero-order valence-corrected chi connectivity index (χ0v) is 12.6. The molecule has 0 amide bonds. The molecule has 0 unspecified atom stereocenters. The zero-order chi connectivity index (χ0) is 14.0. The number of thioether (sulfide) groups is 1. The molecule has 0 saturated heterocycles. The fourth-order valence-corrected chi connectivity index (χ4v) is 3.58. The van der Waals surface area contributed by atoms with Gasteiger partial charge in [-0.25, -0.2) is 9.78 Å². The molecule has 0 bridgehead atoms. The summed E-state index contributed by atoms with van der Waals surface area (Å²) in [7, 11) is 0. The van der Waals surface area contributed by atoms with Gasteiger partial charge in [-0.15, -0.1) is 10.2 Å². The van der Waals surface area contributed by atoms with E-state index in [2.05, 4.69) is 15.2 Å². The van der Waals surface area contributed by atoms with Gasteiger partial charge in [0.1, 0.15) is 10.0 Å². The third-order valence-corrected chi connectivity index (χ3v) is 4.49. The first-order chi connectivity index (χ1) is 8.97. The summed E-state index contributed by atoms with van der Waals surface area (Å²) in [5, 5.41) is 18.1. The molecule has 0 aromatic carbocycles. The number of aromatic carboxylic acids is 1. The molecule has 0 radical (unpaired) electrons. The van der Waals surface area contributed by atoms with Crippen molar-refractivity contribution in [2.24, 2.45) is 0 Å². The highest BCUT2D eigenvalue weighted by Crippen LogP contribution is 2.28. The minimum Gasteiger partial charge on any atom is -0.478 e. The molecule has 19 heavy (non-hydrogen) atoms. The van der Waals surface area contributed by atoms with E-state index >= 15 is 0 Å². The Labute approximate surface area is 123 Å². The molecule has 5 nitrogen and oxygen atoms in total. The lowest BCUT2D eigenvalue weighted by molar-refractivity contribution is 0.0691. The van der Waals surface area contributed by atoms with Crippen LogP contribution in [0.15, 0.2) is 11.1 Å². The molecular formula is C11H10ClN3O2S2. The Kier molecular flexibility index (Phi) is 4.38. The van der Waals surface area contributed by atoms with Crippen LogP contribution < -0.4 is 0 Å². The Morgan fingerprint density at radius 2 is 2.21 bits per heavy atom. The third kappa shape index (κ3) is 3.43. The molecule has 0 saturated carbocycles. The van der Waals surface area contributed by atoms with Crippen molar-refractivity contribution in [3.8, 4) is 0 Å². The maximum absolute atomic E-state index is 11.3. The highest BCUT2D eigenvalue weighted by molar-refractivity contribution is 7.98. The van der Waals surface area contributed by atoms with Crippen LogP contribution in [0.2, 0.25) is 4.47 Å². The Bertz CT molecular complexity index is 630. The summed E-state index contributed by atoms with van der Waals surface area (Å²) >= 11 is 8.30. The molecule has 2 aromatic heterocycles. The van der Waals surface area contributed by atoms with Crippen molar-refractivity contribution >= 4 is 40.7 Å². The lowest BCUT2D eigenvalue weighted by Crippen LogP contribution is -2.05. The highest BCUT2D eigenvalue weighted by Gasteiger charge is 2.16. The molecule has 2 rings (SSSR count). The van der Waals surface area contributed by atoms with Gasteiger partial charge in [0.15, 0.2) is 0 Å². The predicted molar refractivity (Wildman–Crippen MR) is 75.2 cm³/mol. The van der Waals surface area contributed by atoms with Crippen molar-refractivity contribution in [2.75, 3.05) is 0 Å². The molecule has 2 aromatic rings. The van der Waals surface area contributed by atoms with E-state index in [-0.39, 0.29) is 5.56 Å². The molecule has 0 aliphatic rings. The average molecular weight is 316 g/mol. The summed E-state index contributed by atoms with van der Waals surface area (Å²) in [4.78, 5) is 15.6. The molecule has 1 N–H and O–H groups in total. The van der Waals surface area contributed by atoms with E-state index in [1.54, 1.807) is 13.0 Å². The third-order valence-electron chi connectivity index (χ3n) is 2.30. The fraction of sp³-hybridized carbons (Fsp3) is 0.273. The Hall–Kier alpha value is -1.18. The number of carboxylic acid groups (broad SMARTS) is 1. The second-order valence-corrected chi connectivity index (χ2v) is 6.41. The topological polar surface area (TPSA) is 76.0 Å². The molecule has 8 heteroatoms. The van der Waals surface area contributed by atoms with Gasteiger partial charge >= 0.3 is 5.97 Å². The van der Waals surface area contributed by atoms with E-state index in [1.807, 2.05) is 6.92 Å². The first kappa shape index (κ1) is 14.2. The summed E-state index contributed by atoms with van der Waals surface area (Å²) in [5.74, 6) is -0.469. The molecular weight excluding hydrogens is 306 g/mol. The second-order valence-electron chi connectivity index (χ2n) is 3.80. The Morgan fingerprint density at radius 3 is 2.79 bits per heavy atom. The molecule has 2 heterocycles. The summed E-state index contributed by atoms with van der Waals surface area (Å²) < 4.78 is 0.377. The van der Waals surface area contributed by atoms with Gasteiger partial charge in [-0.3, -0.25) is 0 Å². The number of halogens is 1. The van der Waals surface area contributed by atoms with Crippen LogP contribution in [0.4, 0.5) is 0 Å². The van der Waals surface area contributed by atoms with Gasteiger partial charge in [0, 0.05) is 5.69 Å². The van der Waals surface area contributed by atoms with Gasteiger partial charge in [-0.2, -0.15) is 0 Å². The molecule has 100 valence electrons. The fourth-order valence-electron chi connectivity index (χ4n) is 1.59. The van der Waals surface area contributed by atoms with Gasteiger partial charge < -0.3 is 5.11 Å². The van der Waals surface area contributed by atoms with Crippen molar-refractivity contribution in [3.63, 3.8) is 0 Å². The normalized spacial score (nSPS) is 10.7. The van der Waals surface area contributed by atoms with Crippen LogP contribution in [0.5, 0.6) is 0 Å². The van der Waals surface area contributed by atoms with Crippen LogP contribution in [0.3, 0.4) is 0 Å². The maximum Gasteiger partial charge on any atom is 0.338 e. The van der Waals surface area contributed by atoms with Crippen LogP contribution in [0.1, 0.15) is 26.6 Å². The molecule has 0 aliphatic carbocycles. The van der Waals surface area contributed by atoms with Gasteiger partial charge in [-0.05, 0) is 37.1 Å². The van der Waals surface area contributed by atoms with Crippen LogP contribution in [0, 0.1) is 13.8 Å². The summed E-state index contributed by atoms with van der Waals surface area (Å²) in [6, 6.07) is 1.76. The van der Waals surface area contributed by atoms with Crippen LogP contribution in [-0.4, -0.2) is 26.3 Å². The Balaban J connectivity index is 2.26. The van der Waals surface area contributed by atoms with Gasteiger partial charge in [0.2, 0.25) is 4.47 Å². The predicted octanol–water partition coefficient (Wildman–Crippen LogP) is 3.19. The summed E-state index contributed by atoms with van der Waals surface area (Å²) in [6.45, 7) is 3.61. The smallest absolute Gasteiger partial charge is 0.338 e. The quantitative estimate of drug-likeness (QED) is 0.873. The minimum absolute atomic E-state index is 0.242. The van der Waals surface area contributed by atoms with Crippen molar-refractivity contribution in [1.82, 2.24) is 15.2 Å². The molecule has 0 atom stereocenters. The number of hydrogen-bond donors (Lipinski definition) is 1. The molecule has 0 aliphatic heterocycles. The van der Waals surface area contributed by atoms with E-state index in [0.717, 1.165) is 10.7 Å².